The largest absolute Gasteiger partial charge is 0.377 e. The maximum Gasteiger partial charge on any atom is 0.159 e. The molecule has 0 unspecified atom stereocenters. The molecule has 0 aromatic heterocycles. The summed E-state index contributed by atoms with van der Waals surface area (Å²) in [5.41, 5.74) is 5.72. The quantitative estimate of drug-likeness (QED) is 0.687. The third kappa shape index (κ3) is 2.20. The number of rotatable bonds is 2. The molecule has 4 heteroatoms. The molecule has 0 aliphatic carbocycles. The van der Waals surface area contributed by atoms with E-state index in [0.29, 0.717) is 6.42 Å². The molecule has 78 valence electrons. The molecular weight excluding hydrogens is 170 g/mol. The molecule has 1 saturated heterocycles. The lowest BCUT2D eigenvalue weighted by Gasteiger charge is -2.44. The van der Waals surface area contributed by atoms with Crippen molar-refractivity contribution in [2.24, 2.45) is 5.73 Å². The Balaban J connectivity index is 2.69. The van der Waals surface area contributed by atoms with Gasteiger partial charge in [-0.05, 0) is 13.8 Å². The van der Waals surface area contributed by atoms with E-state index in [1.807, 2.05) is 13.8 Å². The van der Waals surface area contributed by atoms with Crippen molar-refractivity contribution < 1.29 is 14.2 Å². The molecule has 0 saturated carbocycles. The van der Waals surface area contributed by atoms with Crippen LogP contribution < -0.4 is 5.73 Å². The molecule has 4 atom stereocenters. The highest BCUT2D eigenvalue weighted by Gasteiger charge is 2.42. The third-order valence-corrected chi connectivity index (χ3v) is 2.57. The van der Waals surface area contributed by atoms with E-state index in [-0.39, 0.29) is 24.0 Å². The lowest BCUT2D eigenvalue weighted by Crippen LogP contribution is -2.60. The molecule has 4 nitrogen and oxygen atoms in total. The van der Waals surface area contributed by atoms with Crippen molar-refractivity contribution in [3.05, 3.63) is 0 Å². The van der Waals surface area contributed by atoms with E-state index in [1.165, 1.54) is 0 Å². The zero-order valence-electron chi connectivity index (χ0n) is 8.74. The minimum Gasteiger partial charge on any atom is -0.377 e. The van der Waals surface area contributed by atoms with Gasteiger partial charge in [0.05, 0.1) is 6.10 Å². The molecule has 1 heterocycles. The summed E-state index contributed by atoms with van der Waals surface area (Å²) in [5.74, 6) is 0. The predicted molar refractivity (Wildman–Crippen MR) is 49.4 cm³/mol. The van der Waals surface area contributed by atoms with Crippen molar-refractivity contribution in [2.45, 2.75) is 44.3 Å². The fourth-order valence-corrected chi connectivity index (χ4v) is 1.97. The van der Waals surface area contributed by atoms with Gasteiger partial charge in [0.2, 0.25) is 0 Å². The summed E-state index contributed by atoms with van der Waals surface area (Å²) in [5, 5.41) is 0. The van der Waals surface area contributed by atoms with Crippen LogP contribution in [0.15, 0.2) is 0 Å². The van der Waals surface area contributed by atoms with Gasteiger partial charge in [0.15, 0.2) is 6.29 Å². The monoisotopic (exact) mass is 189 g/mol. The van der Waals surface area contributed by atoms with Crippen molar-refractivity contribution in [3.63, 3.8) is 0 Å². The van der Waals surface area contributed by atoms with Crippen molar-refractivity contribution in [1.29, 1.82) is 0 Å². The number of nitrogens with two attached hydrogens (primary N) is 1. The fourth-order valence-electron chi connectivity index (χ4n) is 1.97. The van der Waals surface area contributed by atoms with E-state index < -0.39 is 0 Å². The van der Waals surface area contributed by atoms with Crippen LogP contribution in [0.2, 0.25) is 0 Å². The standard InChI is InChI=1S/C9H19NO3/c1-6-8(12-4)9(2,10)5-7(11-3)13-6/h6-8H,5,10H2,1-4H3/t6-,7-,8-,9-/m0/s1. The van der Waals surface area contributed by atoms with Gasteiger partial charge in [0.25, 0.3) is 0 Å². The molecule has 0 spiro atoms. The normalized spacial score (nSPS) is 46.4. The maximum absolute atomic E-state index is 6.10. The van der Waals surface area contributed by atoms with Gasteiger partial charge in [0.1, 0.15) is 6.10 Å². The summed E-state index contributed by atoms with van der Waals surface area (Å²) in [4.78, 5) is 0. The predicted octanol–water partition coefficient (Wildman–Crippen LogP) is 0.500. The van der Waals surface area contributed by atoms with Crippen LogP contribution in [-0.4, -0.2) is 38.3 Å². The van der Waals surface area contributed by atoms with Crippen LogP contribution in [-0.2, 0) is 14.2 Å². The molecule has 1 rings (SSSR count). The summed E-state index contributed by atoms with van der Waals surface area (Å²) in [7, 11) is 3.28. The molecule has 0 amide bonds. The first-order valence-electron chi connectivity index (χ1n) is 4.51. The van der Waals surface area contributed by atoms with Crippen molar-refractivity contribution in [2.75, 3.05) is 14.2 Å². The highest BCUT2D eigenvalue weighted by atomic mass is 16.7. The van der Waals surface area contributed by atoms with Gasteiger partial charge >= 0.3 is 0 Å². The summed E-state index contributed by atoms with van der Waals surface area (Å²) in [6.07, 6.45) is 0.348. The summed E-state index contributed by atoms with van der Waals surface area (Å²) >= 11 is 0. The lowest BCUT2D eigenvalue weighted by molar-refractivity contribution is -0.232. The first-order chi connectivity index (χ1) is 6.01. The van der Waals surface area contributed by atoms with E-state index in [0.717, 1.165) is 0 Å². The SMILES string of the molecule is CO[C@@H]1C[C@](C)(N)[C@@H](OC)[C@H](C)O1. The zero-order chi connectivity index (χ0) is 10.1. The Morgan fingerprint density at radius 2 is 2.00 bits per heavy atom. The average Bonchev–Trinajstić information content (AvgIpc) is 2.02. The molecule has 13 heavy (non-hydrogen) atoms. The van der Waals surface area contributed by atoms with E-state index in [9.17, 15) is 0 Å². The van der Waals surface area contributed by atoms with Crippen LogP contribution >= 0.6 is 0 Å². The molecule has 0 aromatic rings. The van der Waals surface area contributed by atoms with Gasteiger partial charge in [-0.1, -0.05) is 0 Å². The van der Waals surface area contributed by atoms with Crippen molar-refractivity contribution >= 4 is 0 Å². The smallest absolute Gasteiger partial charge is 0.159 e. The third-order valence-electron chi connectivity index (χ3n) is 2.57. The number of ether oxygens (including phenoxy) is 3. The highest BCUT2D eigenvalue weighted by Crippen LogP contribution is 2.28. The van der Waals surface area contributed by atoms with Gasteiger partial charge in [-0.15, -0.1) is 0 Å². The minimum absolute atomic E-state index is 0.0290. The first-order valence-corrected chi connectivity index (χ1v) is 4.51. The average molecular weight is 189 g/mol. The van der Waals surface area contributed by atoms with Crippen LogP contribution in [0.25, 0.3) is 0 Å². The van der Waals surface area contributed by atoms with Crippen LogP contribution in [0.1, 0.15) is 20.3 Å². The lowest BCUT2D eigenvalue weighted by atomic mass is 9.86. The molecular formula is C9H19NO3. The van der Waals surface area contributed by atoms with Crippen LogP contribution in [0, 0.1) is 0 Å². The Labute approximate surface area is 79.3 Å². The maximum atomic E-state index is 6.10. The number of methoxy groups -OCH3 is 2. The fraction of sp³-hybridized carbons (Fsp3) is 1.00. The summed E-state index contributed by atoms with van der Waals surface area (Å²) in [6.45, 7) is 3.91. The molecule has 0 radical (unpaired) electrons. The van der Waals surface area contributed by atoms with E-state index >= 15 is 0 Å². The number of hydrogen-bond donors (Lipinski definition) is 1. The zero-order valence-corrected chi connectivity index (χ0v) is 8.74. The molecule has 1 fully saturated rings. The van der Waals surface area contributed by atoms with Crippen molar-refractivity contribution in [1.82, 2.24) is 0 Å². The summed E-state index contributed by atoms with van der Waals surface area (Å²) in [6, 6.07) is 0. The van der Waals surface area contributed by atoms with Gasteiger partial charge in [-0.2, -0.15) is 0 Å². The molecule has 0 bridgehead atoms. The Morgan fingerprint density at radius 1 is 1.38 bits per heavy atom. The Bertz CT molecular complexity index is 172. The summed E-state index contributed by atoms with van der Waals surface area (Å²) < 4.78 is 16.0. The van der Waals surface area contributed by atoms with Gasteiger partial charge < -0.3 is 19.9 Å². The van der Waals surface area contributed by atoms with Gasteiger partial charge in [-0.25, -0.2) is 0 Å². The molecule has 0 aromatic carbocycles. The number of hydrogen-bond acceptors (Lipinski definition) is 4. The van der Waals surface area contributed by atoms with Crippen LogP contribution in [0.3, 0.4) is 0 Å². The second-order valence-electron chi connectivity index (χ2n) is 3.87. The first kappa shape index (κ1) is 10.9. The van der Waals surface area contributed by atoms with Crippen molar-refractivity contribution in [3.8, 4) is 0 Å². The van der Waals surface area contributed by atoms with Crippen LogP contribution in [0.4, 0.5) is 0 Å². The minimum atomic E-state index is -0.382. The topological polar surface area (TPSA) is 53.7 Å². The Kier molecular flexibility index (Phi) is 3.29. The second-order valence-corrected chi connectivity index (χ2v) is 3.87. The van der Waals surface area contributed by atoms with Gasteiger partial charge in [0, 0.05) is 26.2 Å². The molecule has 2 N–H and O–H groups in total. The van der Waals surface area contributed by atoms with E-state index in [4.69, 9.17) is 19.9 Å². The Morgan fingerprint density at radius 3 is 2.38 bits per heavy atom. The second kappa shape index (κ2) is 3.92. The highest BCUT2D eigenvalue weighted by molar-refractivity contribution is 4.95. The molecule has 1 aliphatic rings. The molecule has 1 aliphatic heterocycles. The Hall–Kier alpha value is -0.160. The van der Waals surface area contributed by atoms with Gasteiger partial charge in [-0.3, -0.25) is 0 Å². The van der Waals surface area contributed by atoms with E-state index in [2.05, 4.69) is 0 Å². The van der Waals surface area contributed by atoms with E-state index in [1.54, 1.807) is 14.2 Å². The van der Waals surface area contributed by atoms with Crippen LogP contribution in [0.5, 0.6) is 0 Å².